The number of aromatic nitrogens is 2. The lowest BCUT2D eigenvalue weighted by atomic mass is 10.2. The van der Waals surface area contributed by atoms with Crippen LogP contribution in [0.1, 0.15) is 16.1 Å². The van der Waals surface area contributed by atoms with Crippen molar-refractivity contribution in [2.45, 2.75) is 6.54 Å². The number of thiazole rings is 1. The van der Waals surface area contributed by atoms with E-state index in [2.05, 4.69) is 15.3 Å². The Morgan fingerprint density at radius 2 is 2.35 bits per heavy atom. The van der Waals surface area contributed by atoms with Crippen LogP contribution in [0, 0.1) is 10.1 Å². The second kappa shape index (κ2) is 5.48. The lowest BCUT2D eigenvalue weighted by molar-refractivity contribution is -0.385. The van der Waals surface area contributed by atoms with Crippen LogP contribution in [0.5, 0.6) is 0 Å². The van der Waals surface area contributed by atoms with Crippen molar-refractivity contribution in [2.24, 2.45) is 0 Å². The number of anilines is 1. The van der Waals surface area contributed by atoms with Crippen molar-refractivity contribution in [3.05, 3.63) is 48.7 Å². The van der Waals surface area contributed by atoms with Crippen LogP contribution in [0.3, 0.4) is 0 Å². The number of H-pyrrole nitrogens is 1. The highest BCUT2D eigenvalue weighted by molar-refractivity contribution is 7.07. The van der Waals surface area contributed by atoms with E-state index in [0.29, 0.717) is 5.69 Å². The van der Waals surface area contributed by atoms with Crippen LogP contribution in [-0.4, -0.2) is 26.0 Å². The Kier molecular flexibility index (Phi) is 3.75. The van der Waals surface area contributed by atoms with Crippen LogP contribution in [-0.2, 0) is 6.54 Å². The van der Waals surface area contributed by atoms with E-state index in [4.69, 9.17) is 5.11 Å². The highest BCUT2D eigenvalue weighted by atomic mass is 32.1. The molecule has 9 nitrogen and oxygen atoms in total. The fourth-order valence-electron chi connectivity index (χ4n) is 1.45. The molecule has 10 heteroatoms. The van der Waals surface area contributed by atoms with Gasteiger partial charge in [-0.15, -0.1) is 0 Å². The van der Waals surface area contributed by atoms with Crippen molar-refractivity contribution >= 4 is 28.8 Å². The summed E-state index contributed by atoms with van der Waals surface area (Å²) in [6.45, 7) is 0.225. The maximum Gasteiger partial charge on any atom is 0.342 e. The Morgan fingerprint density at radius 1 is 1.60 bits per heavy atom. The van der Waals surface area contributed by atoms with Crippen LogP contribution in [0.15, 0.2) is 22.4 Å². The number of aromatic carboxylic acids is 1. The number of rotatable bonds is 5. The zero-order valence-corrected chi connectivity index (χ0v) is 10.6. The monoisotopic (exact) mass is 296 g/mol. The molecule has 0 atom stereocenters. The summed E-state index contributed by atoms with van der Waals surface area (Å²) in [7, 11) is 0. The number of nitrogens with one attached hydrogen (secondary N) is 2. The minimum absolute atomic E-state index is 0.167. The van der Waals surface area contributed by atoms with E-state index < -0.39 is 22.1 Å². The van der Waals surface area contributed by atoms with E-state index in [1.54, 1.807) is 5.38 Å². The molecule has 104 valence electrons. The van der Waals surface area contributed by atoms with E-state index in [1.807, 2.05) is 0 Å². The van der Waals surface area contributed by atoms with Gasteiger partial charge in [-0.25, -0.2) is 9.78 Å². The zero-order chi connectivity index (χ0) is 14.7. The standard InChI is InChI=1S/C10H8N4O5S/c15-9(16)6-1-8(12-3-7(6)14(18)19)11-2-5-4-20-10(17)13-5/h1,3-4H,2H2,(H,11,12)(H,13,17)(H,15,16). The van der Waals surface area contributed by atoms with Crippen molar-refractivity contribution in [2.75, 3.05) is 5.32 Å². The molecule has 0 aliphatic rings. The molecular formula is C10H8N4O5S. The molecule has 2 rings (SSSR count). The van der Waals surface area contributed by atoms with Gasteiger partial charge in [0.2, 0.25) is 0 Å². The van der Waals surface area contributed by atoms with Gasteiger partial charge >= 0.3 is 16.5 Å². The van der Waals surface area contributed by atoms with E-state index in [-0.39, 0.29) is 17.2 Å². The molecular weight excluding hydrogens is 288 g/mol. The van der Waals surface area contributed by atoms with Gasteiger partial charge in [0.15, 0.2) is 0 Å². The van der Waals surface area contributed by atoms with Gasteiger partial charge in [0.05, 0.1) is 11.5 Å². The summed E-state index contributed by atoms with van der Waals surface area (Å²) in [5, 5.41) is 24.0. The molecule has 0 unspecified atom stereocenters. The summed E-state index contributed by atoms with van der Waals surface area (Å²) < 4.78 is 0. The van der Waals surface area contributed by atoms with E-state index in [9.17, 15) is 19.7 Å². The first kappa shape index (κ1) is 13.7. The SMILES string of the molecule is O=C(O)c1cc(NCc2csc(=O)[nH]2)ncc1[N+](=O)[O-]. The second-order valence-electron chi connectivity index (χ2n) is 3.68. The van der Waals surface area contributed by atoms with Crippen LogP contribution < -0.4 is 10.2 Å². The van der Waals surface area contributed by atoms with Gasteiger partial charge in [0.25, 0.3) is 0 Å². The minimum atomic E-state index is -1.41. The third-order valence-corrected chi connectivity index (χ3v) is 3.06. The molecule has 0 spiro atoms. The number of nitrogens with zero attached hydrogens (tertiary/aromatic N) is 2. The Balaban J connectivity index is 2.20. The topological polar surface area (TPSA) is 138 Å². The van der Waals surface area contributed by atoms with Gasteiger partial charge in [-0.3, -0.25) is 14.9 Å². The molecule has 2 aromatic heterocycles. The number of pyridine rings is 1. The maximum absolute atomic E-state index is 11.0. The largest absolute Gasteiger partial charge is 0.477 e. The fraction of sp³-hybridized carbons (Fsp3) is 0.100. The van der Waals surface area contributed by atoms with Crippen molar-refractivity contribution < 1.29 is 14.8 Å². The smallest absolute Gasteiger partial charge is 0.342 e. The number of nitro groups is 1. The number of carbonyl (C=O) groups is 1. The average Bonchev–Trinajstić information content (AvgIpc) is 2.81. The van der Waals surface area contributed by atoms with Crippen molar-refractivity contribution in [1.29, 1.82) is 0 Å². The first-order valence-corrected chi connectivity index (χ1v) is 6.13. The molecule has 0 fully saturated rings. The van der Waals surface area contributed by atoms with E-state index >= 15 is 0 Å². The zero-order valence-electron chi connectivity index (χ0n) is 9.82. The van der Waals surface area contributed by atoms with Gasteiger partial charge in [0, 0.05) is 17.1 Å². The number of hydrogen-bond donors (Lipinski definition) is 3. The Labute approximate surface area is 115 Å². The molecule has 3 N–H and O–H groups in total. The molecule has 0 saturated heterocycles. The van der Waals surface area contributed by atoms with E-state index in [0.717, 1.165) is 23.6 Å². The molecule has 0 saturated carbocycles. The highest BCUT2D eigenvalue weighted by Gasteiger charge is 2.20. The van der Waals surface area contributed by atoms with Gasteiger partial charge in [-0.05, 0) is 0 Å². The van der Waals surface area contributed by atoms with Crippen LogP contribution in [0.4, 0.5) is 11.5 Å². The minimum Gasteiger partial charge on any atom is -0.477 e. The summed E-state index contributed by atoms with van der Waals surface area (Å²) in [6.07, 6.45) is 0.877. The van der Waals surface area contributed by atoms with Crippen molar-refractivity contribution in [1.82, 2.24) is 9.97 Å². The van der Waals surface area contributed by atoms with Gasteiger partial charge in [0.1, 0.15) is 17.6 Å². The molecule has 2 aromatic rings. The van der Waals surface area contributed by atoms with Gasteiger partial charge in [-0.2, -0.15) is 0 Å². The van der Waals surface area contributed by atoms with E-state index in [1.165, 1.54) is 0 Å². The second-order valence-corrected chi connectivity index (χ2v) is 4.52. The molecule has 0 amide bonds. The first-order chi connectivity index (χ1) is 9.47. The average molecular weight is 296 g/mol. The third-order valence-electron chi connectivity index (χ3n) is 2.34. The number of hydrogen-bond acceptors (Lipinski definition) is 7. The lowest BCUT2D eigenvalue weighted by Crippen LogP contribution is -2.08. The van der Waals surface area contributed by atoms with Crippen LogP contribution in [0.25, 0.3) is 0 Å². The predicted octanol–water partition coefficient (Wildman–Crippen LogP) is 1.05. The van der Waals surface area contributed by atoms with Gasteiger partial charge in [-0.1, -0.05) is 11.3 Å². The summed E-state index contributed by atoms with van der Waals surface area (Å²) >= 11 is 0.999. The summed E-state index contributed by atoms with van der Waals surface area (Å²) in [4.78, 5) is 37.9. The summed E-state index contributed by atoms with van der Waals surface area (Å²) in [5.74, 6) is -1.24. The number of carboxylic acids is 1. The number of carboxylic acid groups (broad SMARTS) is 1. The molecule has 0 aliphatic carbocycles. The van der Waals surface area contributed by atoms with Crippen molar-refractivity contribution in [3.63, 3.8) is 0 Å². The summed E-state index contributed by atoms with van der Waals surface area (Å²) in [5.41, 5.74) is -0.421. The van der Waals surface area contributed by atoms with Gasteiger partial charge < -0.3 is 15.4 Å². The highest BCUT2D eigenvalue weighted by Crippen LogP contribution is 2.20. The molecule has 2 heterocycles. The predicted molar refractivity (Wildman–Crippen MR) is 70.1 cm³/mol. The lowest BCUT2D eigenvalue weighted by Gasteiger charge is -2.05. The van der Waals surface area contributed by atoms with Crippen LogP contribution in [0.2, 0.25) is 0 Å². The normalized spacial score (nSPS) is 10.2. The molecule has 0 aromatic carbocycles. The van der Waals surface area contributed by atoms with Crippen LogP contribution >= 0.6 is 11.3 Å². The summed E-state index contributed by atoms with van der Waals surface area (Å²) in [6, 6.07) is 1.07. The first-order valence-electron chi connectivity index (χ1n) is 5.25. The third kappa shape index (κ3) is 2.98. The Morgan fingerprint density at radius 3 is 2.90 bits per heavy atom. The number of aromatic amines is 1. The molecule has 0 radical (unpaired) electrons. The fourth-order valence-corrected chi connectivity index (χ4v) is 2.03. The molecule has 20 heavy (non-hydrogen) atoms. The Bertz CT molecular complexity index is 722. The maximum atomic E-state index is 11.0. The molecule has 0 bridgehead atoms. The Hall–Kier alpha value is -2.75. The quantitative estimate of drug-likeness (QED) is 0.553. The molecule has 0 aliphatic heterocycles. The van der Waals surface area contributed by atoms with Crippen molar-refractivity contribution in [3.8, 4) is 0 Å².